The Labute approximate surface area is 102 Å². The molecule has 17 heavy (non-hydrogen) atoms. The number of hydrogen-bond donors (Lipinski definition) is 2. The highest BCUT2D eigenvalue weighted by Gasteiger charge is 2.15. The summed E-state index contributed by atoms with van der Waals surface area (Å²) in [5, 5.41) is 11.5. The highest BCUT2D eigenvalue weighted by Crippen LogP contribution is 2.03. The van der Waals surface area contributed by atoms with Crippen LogP contribution in [0.3, 0.4) is 0 Å². The highest BCUT2D eigenvalue weighted by molar-refractivity contribution is 5.80. The van der Waals surface area contributed by atoms with E-state index in [0.717, 1.165) is 5.56 Å². The van der Waals surface area contributed by atoms with E-state index in [1.165, 1.54) is 0 Å². The third-order valence-corrected chi connectivity index (χ3v) is 2.37. The molecule has 0 aliphatic rings. The molecule has 1 rings (SSSR count). The second kappa shape index (κ2) is 7.04. The van der Waals surface area contributed by atoms with Crippen LogP contribution in [0.15, 0.2) is 30.3 Å². The fourth-order valence-corrected chi connectivity index (χ4v) is 1.28. The van der Waals surface area contributed by atoms with Gasteiger partial charge in [-0.3, -0.25) is 4.79 Å². The smallest absolute Gasteiger partial charge is 0.249 e. The van der Waals surface area contributed by atoms with Gasteiger partial charge in [-0.1, -0.05) is 30.3 Å². The van der Waals surface area contributed by atoms with E-state index >= 15 is 0 Å². The van der Waals surface area contributed by atoms with Crippen molar-refractivity contribution in [3.63, 3.8) is 0 Å². The Kier molecular flexibility index (Phi) is 5.66. The quantitative estimate of drug-likeness (QED) is 0.778. The molecule has 0 radical (unpaired) electrons. The van der Waals surface area contributed by atoms with Crippen molar-refractivity contribution < 1.29 is 14.6 Å². The van der Waals surface area contributed by atoms with Gasteiger partial charge in [0.2, 0.25) is 5.91 Å². The molecule has 2 N–H and O–H groups in total. The van der Waals surface area contributed by atoms with Gasteiger partial charge in [-0.05, 0) is 19.4 Å². The zero-order valence-electron chi connectivity index (χ0n) is 10.2. The van der Waals surface area contributed by atoms with E-state index in [0.29, 0.717) is 6.61 Å². The van der Waals surface area contributed by atoms with Crippen LogP contribution in [0.5, 0.6) is 0 Å². The Bertz CT molecular complexity index is 340. The monoisotopic (exact) mass is 237 g/mol. The van der Waals surface area contributed by atoms with Crippen LogP contribution in [0, 0.1) is 0 Å². The molecule has 0 fully saturated rings. The minimum atomic E-state index is -0.524. The van der Waals surface area contributed by atoms with Crippen LogP contribution in [-0.4, -0.2) is 29.8 Å². The zero-order chi connectivity index (χ0) is 12.7. The number of benzene rings is 1. The van der Waals surface area contributed by atoms with Gasteiger partial charge >= 0.3 is 0 Å². The van der Waals surface area contributed by atoms with Gasteiger partial charge in [0.15, 0.2) is 0 Å². The zero-order valence-corrected chi connectivity index (χ0v) is 10.2. The Morgan fingerprint density at radius 1 is 1.35 bits per heavy atom. The van der Waals surface area contributed by atoms with Crippen LogP contribution < -0.4 is 5.32 Å². The molecular formula is C13H19NO3. The normalized spacial score (nSPS) is 14.1. The van der Waals surface area contributed by atoms with Gasteiger partial charge < -0.3 is 15.2 Å². The van der Waals surface area contributed by atoms with Crippen molar-refractivity contribution in [2.45, 2.75) is 32.6 Å². The first-order valence-electron chi connectivity index (χ1n) is 5.70. The number of carbonyl (C=O) groups is 1. The fraction of sp³-hybridized carbons (Fsp3) is 0.462. The van der Waals surface area contributed by atoms with E-state index in [9.17, 15) is 4.79 Å². The summed E-state index contributed by atoms with van der Waals surface area (Å²) in [6.07, 6.45) is -0.524. The molecule has 0 saturated heterocycles. The Balaban J connectivity index is 2.34. The largest absolute Gasteiger partial charge is 0.394 e. The third-order valence-electron chi connectivity index (χ3n) is 2.37. The lowest BCUT2D eigenvalue weighted by atomic mass is 10.2. The van der Waals surface area contributed by atoms with Crippen molar-refractivity contribution in [2.75, 3.05) is 6.61 Å². The molecular weight excluding hydrogens is 218 g/mol. The number of hydrogen-bond acceptors (Lipinski definition) is 3. The second-order valence-corrected chi connectivity index (χ2v) is 4.03. The molecule has 0 aromatic heterocycles. The van der Waals surface area contributed by atoms with Crippen LogP contribution in [0.4, 0.5) is 0 Å². The van der Waals surface area contributed by atoms with E-state index in [-0.39, 0.29) is 18.6 Å². The van der Waals surface area contributed by atoms with E-state index in [1.807, 2.05) is 30.3 Å². The number of carbonyl (C=O) groups excluding carboxylic acids is 1. The molecule has 4 heteroatoms. The Morgan fingerprint density at radius 3 is 2.59 bits per heavy atom. The fourth-order valence-electron chi connectivity index (χ4n) is 1.28. The molecule has 1 aromatic carbocycles. The third kappa shape index (κ3) is 4.97. The van der Waals surface area contributed by atoms with Gasteiger partial charge in [-0.15, -0.1) is 0 Å². The summed E-state index contributed by atoms with van der Waals surface area (Å²) >= 11 is 0. The van der Waals surface area contributed by atoms with Gasteiger partial charge in [-0.25, -0.2) is 0 Å². The summed E-state index contributed by atoms with van der Waals surface area (Å²) in [6, 6.07) is 9.43. The van der Waals surface area contributed by atoms with Crippen molar-refractivity contribution in [3.8, 4) is 0 Å². The summed E-state index contributed by atoms with van der Waals surface area (Å²) in [6.45, 7) is 3.77. The van der Waals surface area contributed by atoms with Crippen LogP contribution in [0.25, 0.3) is 0 Å². The summed E-state index contributed by atoms with van der Waals surface area (Å²) in [5.74, 6) is -0.206. The van der Waals surface area contributed by atoms with Crippen LogP contribution in [0.1, 0.15) is 19.4 Å². The summed E-state index contributed by atoms with van der Waals surface area (Å²) in [5.41, 5.74) is 1.03. The first-order chi connectivity index (χ1) is 8.13. The Morgan fingerprint density at radius 2 is 2.00 bits per heavy atom. The van der Waals surface area contributed by atoms with E-state index in [2.05, 4.69) is 5.32 Å². The number of aliphatic hydroxyl groups excluding tert-OH is 1. The van der Waals surface area contributed by atoms with Gasteiger partial charge in [0, 0.05) is 6.04 Å². The minimum Gasteiger partial charge on any atom is -0.394 e. The molecule has 0 heterocycles. The van der Waals surface area contributed by atoms with Crippen molar-refractivity contribution in [2.24, 2.45) is 0 Å². The van der Waals surface area contributed by atoms with Crippen molar-refractivity contribution in [1.29, 1.82) is 0 Å². The maximum atomic E-state index is 11.6. The van der Waals surface area contributed by atoms with Gasteiger partial charge in [0.25, 0.3) is 0 Å². The van der Waals surface area contributed by atoms with Crippen LogP contribution in [-0.2, 0) is 16.1 Å². The first kappa shape index (κ1) is 13.7. The number of amides is 1. The van der Waals surface area contributed by atoms with Crippen molar-refractivity contribution >= 4 is 5.91 Å². The molecule has 0 aliphatic heterocycles. The van der Waals surface area contributed by atoms with E-state index in [4.69, 9.17) is 9.84 Å². The summed E-state index contributed by atoms with van der Waals surface area (Å²) < 4.78 is 5.44. The molecule has 94 valence electrons. The number of rotatable bonds is 6. The molecule has 1 amide bonds. The molecule has 2 atom stereocenters. The molecule has 0 spiro atoms. The molecule has 4 nitrogen and oxygen atoms in total. The number of nitrogens with one attached hydrogen (secondary N) is 1. The standard InChI is InChI=1S/C13H19NO3/c1-10(8-15)14-13(16)11(2)17-9-12-6-4-3-5-7-12/h3-7,10-11,15H,8-9H2,1-2H3,(H,14,16)/t10-,11?/m0/s1. The SMILES string of the molecule is CC(OCc1ccccc1)C(=O)N[C@@H](C)CO. The molecule has 1 aromatic rings. The average molecular weight is 237 g/mol. The van der Waals surface area contributed by atoms with E-state index < -0.39 is 6.10 Å². The topological polar surface area (TPSA) is 58.6 Å². The van der Waals surface area contributed by atoms with Crippen molar-refractivity contribution in [3.05, 3.63) is 35.9 Å². The van der Waals surface area contributed by atoms with Gasteiger partial charge in [0.05, 0.1) is 13.2 Å². The molecule has 1 unspecified atom stereocenters. The maximum absolute atomic E-state index is 11.6. The lowest BCUT2D eigenvalue weighted by Gasteiger charge is -2.16. The predicted molar refractivity (Wildman–Crippen MR) is 65.4 cm³/mol. The number of ether oxygens (including phenoxy) is 1. The Hall–Kier alpha value is -1.39. The number of aliphatic hydroxyl groups is 1. The lowest BCUT2D eigenvalue weighted by Crippen LogP contribution is -2.41. The van der Waals surface area contributed by atoms with Gasteiger partial charge in [-0.2, -0.15) is 0 Å². The first-order valence-corrected chi connectivity index (χ1v) is 5.70. The highest BCUT2D eigenvalue weighted by atomic mass is 16.5. The molecule has 0 aliphatic carbocycles. The molecule has 0 bridgehead atoms. The molecule has 0 saturated carbocycles. The summed E-state index contributed by atoms with van der Waals surface area (Å²) in [4.78, 5) is 11.6. The lowest BCUT2D eigenvalue weighted by molar-refractivity contribution is -0.133. The second-order valence-electron chi connectivity index (χ2n) is 4.03. The van der Waals surface area contributed by atoms with Crippen LogP contribution in [0.2, 0.25) is 0 Å². The average Bonchev–Trinajstić information content (AvgIpc) is 2.36. The van der Waals surface area contributed by atoms with Gasteiger partial charge in [0.1, 0.15) is 6.10 Å². The predicted octanol–water partition coefficient (Wildman–Crippen LogP) is 1.09. The minimum absolute atomic E-state index is 0.0723. The van der Waals surface area contributed by atoms with Crippen molar-refractivity contribution in [1.82, 2.24) is 5.32 Å². The van der Waals surface area contributed by atoms with Crippen LogP contribution >= 0.6 is 0 Å². The van der Waals surface area contributed by atoms with E-state index in [1.54, 1.807) is 13.8 Å². The summed E-state index contributed by atoms with van der Waals surface area (Å²) in [7, 11) is 0. The maximum Gasteiger partial charge on any atom is 0.249 e.